The van der Waals surface area contributed by atoms with Gasteiger partial charge in [-0.3, -0.25) is 9.20 Å². The van der Waals surface area contributed by atoms with Crippen LogP contribution in [0, 0.1) is 5.82 Å². The van der Waals surface area contributed by atoms with Crippen molar-refractivity contribution in [2.75, 3.05) is 5.32 Å². The Hall–Kier alpha value is -3.11. The summed E-state index contributed by atoms with van der Waals surface area (Å²) in [6, 6.07) is 3.13. The van der Waals surface area contributed by atoms with Crippen LogP contribution in [0.5, 0.6) is 0 Å². The van der Waals surface area contributed by atoms with Gasteiger partial charge >= 0.3 is 12.4 Å². The maximum atomic E-state index is 13.6. The highest BCUT2D eigenvalue weighted by molar-refractivity contribution is 6.04. The zero-order valence-corrected chi connectivity index (χ0v) is 14.6. The zero-order valence-electron chi connectivity index (χ0n) is 14.6. The molecule has 154 valence electrons. The lowest BCUT2D eigenvalue weighted by Crippen LogP contribution is -2.18. The molecule has 0 radical (unpaired) electrons. The number of nitrogens with zero attached hydrogens (tertiary/aromatic N) is 2. The summed E-state index contributed by atoms with van der Waals surface area (Å²) >= 11 is 0. The molecule has 0 aliphatic carbocycles. The minimum Gasteiger partial charge on any atom is -0.321 e. The van der Waals surface area contributed by atoms with Gasteiger partial charge in [0.15, 0.2) is 0 Å². The van der Waals surface area contributed by atoms with Crippen LogP contribution in [0.4, 0.5) is 36.4 Å². The van der Waals surface area contributed by atoms with Crippen LogP contribution < -0.4 is 5.32 Å². The van der Waals surface area contributed by atoms with E-state index >= 15 is 0 Å². The van der Waals surface area contributed by atoms with Gasteiger partial charge in [-0.05, 0) is 36.8 Å². The molecule has 0 saturated heterocycles. The van der Waals surface area contributed by atoms with E-state index in [1.165, 1.54) is 6.07 Å². The number of hydrogen-bond acceptors (Lipinski definition) is 2. The fourth-order valence-corrected chi connectivity index (χ4v) is 2.77. The molecule has 0 atom stereocenters. The van der Waals surface area contributed by atoms with Crippen LogP contribution in [-0.4, -0.2) is 15.3 Å². The highest BCUT2D eigenvalue weighted by Crippen LogP contribution is 2.37. The summed E-state index contributed by atoms with van der Waals surface area (Å²) in [5.41, 5.74) is -3.62. The number of benzene rings is 1. The van der Waals surface area contributed by atoms with Crippen molar-refractivity contribution in [3.8, 4) is 0 Å². The van der Waals surface area contributed by atoms with Crippen molar-refractivity contribution in [3.63, 3.8) is 0 Å². The van der Waals surface area contributed by atoms with Gasteiger partial charge in [0, 0.05) is 11.9 Å². The Bertz CT molecular complexity index is 1050. The second kappa shape index (κ2) is 7.05. The normalized spacial score (nSPS) is 12.4. The summed E-state index contributed by atoms with van der Waals surface area (Å²) in [4.78, 5) is 16.8. The first kappa shape index (κ1) is 20.6. The number of halogens is 7. The molecule has 0 aliphatic rings. The maximum Gasteiger partial charge on any atom is 0.416 e. The predicted molar refractivity (Wildman–Crippen MR) is 88.9 cm³/mol. The third-order valence-electron chi connectivity index (χ3n) is 4.05. The van der Waals surface area contributed by atoms with E-state index in [9.17, 15) is 35.5 Å². The van der Waals surface area contributed by atoms with Gasteiger partial charge in [0.2, 0.25) is 0 Å². The molecular formula is C18H12F7N3O. The summed E-state index contributed by atoms with van der Waals surface area (Å²) in [5.74, 6) is -1.72. The molecule has 1 amide bonds. The van der Waals surface area contributed by atoms with Crippen molar-refractivity contribution in [2.24, 2.45) is 0 Å². The van der Waals surface area contributed by atoms with Gasteiger partial charge in [-0.2, -0.15) is 26.3 Å². The van der Waals surface area contributed by atoms with Crippen molar-refractivity contribution < 1.29 is 35.5 Å². The number of imidazole rings is 1. The maximum absolute atomic E-state index is 13.6. The molecule has 2 aromatic heterocycles. The minimum absolute atomic E-state index is 0.0449. The Balaban J connectivity index is 2.08. The number of alkyl halides is 6. The average molecular weight is 419 g/mol. The zero-order chi connectivity index (χ0) is 21.6. The summed E-state index contributed by atoms with van der Waals surface area (Å²) < 4.78 is 92.5. The van der Waals surface area contributed by atoms with Gasteiger partial charge in [-0.1, -0.05) is 6.92 Å². The molecule has 0 spiro atoms. The monoisotopic (exact) mass is 419 g/mol. The van der Waals surface area contributed by atoms with E-state index in [2.05, 4.69) is 4.98 Å². The molecule has 1 aromatic carbocycles. The Morgan fingerprint density at radius 2 is 1.62 bits per heavy atom. The van der Waals surface area contributed by atoms with E-state index in [0.717, 1.165) is 16.7 Å². The Morgan fingerprint density at radius 1 is 1.03 bits per heavy atom. The summed E-state index contributed by atoms with van der Waals surface area (Å²) in [5, 5.41) is 2.03. The van der Waals surface area contributed by atoms with Crippen LogP contribution in [0.25, 0.3) is 5.65 Å². The number of amides is 1. The Labute approximate surface area is 159 Å². The molecule has 2 heterocycles. The smallest absolute Gasteiger partial charge is 0.321 e. The topological polar surface area (TPSA) is 46.4 Å². The van der Waals surface area contributed by atoms with Gasteiger partial charge < -0.3 is 5.32 Å². The van der Waals surface area contributed by atoms with E-state index in [4.69, 9.17) is 0 Å². The molecule has 29 heavy (non-hydrogen) atoms. The number of fused-ring (bicyclic) bond motifs is 1. The Kier molecular flexibility index (Phi) is 5.01. The van der Waals surface area contributed by atoms with E-state index in [-0.39, 0.29) is 29.5 Å². The van der Waals surface area contributed by atoms with E-state index < -0.39 is 40.9 Å². The first-order valence-electron chi connectivity index (χ1n) is 8.17. The highest BCUT2D eigenvalue weighted by atomic mass is 19.4. The van der Waals surface area contributed by atoms with E-state index in [1.54, 1.807) is 6.92 Å². The number of anilines is 1. The molecule has 0 saturated carbocycles. The lowest BCUT2D eigenvalue weighted by atomic mass is 10.1. The van der Waals surface area contributed by atoms with Crippen LogP contribution in [0.15, 0.2) is 36.5 Å². The van der Waals surface area contributed by atoms with Crippen molar-refractivity contribution in [3.05, 3.63) is 64.9 Å². The van der Waals surface area contributed by atoms with E-state index in [0.29, 0.717) is 12.1 Å². The number of carbonyl (C=O) groups is 1. The summed E-state index contributed by atoms with van der Waals surface area (Å²) in [6.07, 6.45) is -8.93. The second-order valence-corrected chi connectivity index (χ2v) is 6.08. The fraction of sp³-hybridized carbons (Fsp3) is 0.222. The SMILES string of the molecule is CCc1nc2ccc(F)cn2c1C(=O)Nc1cc(C(F)(F)F)cc(C(F)(F)F)c1. The Morgan fingerprint density at radius 3 is 2.14 bits per heavy atom. The molecule has 0 unspecified atom stereocenters. The molecule has 11 heteroatoms. The van der Waals surface area contributed by atoms with Gasteiger partial charge in [0.25, 0.3) is 5.91 Å². The number of nitrogens with one attached hydrogen (secondary N) is 1. The minimum atomic E-state index is -5.05. The molecule has 0 bridgehead atoms. The highest BCUT2D eigenvalue weighted by Gasteiger charge is 2.37. The van der Waals surface area contributed by atoms with Crippen LogP contribution in [0.2, 0.25) is 0 Å². The quantitative estimate of drug-likeness (QED) is 0.584. The van der Waals surface area contributed by atoms with Crippen molar-refractivity contribution in [1.82, 2.24) is 9.38 Å². The number of hydrogen-bond donors (Lipinski definition) is 1. The van der Waals surface area contributed by atoms with Crippen LogP contribution in [0.1, 0.15) is 34.2 Å². The fourth-order valence-electron chi connectivity index (χ4n) is 2.77. The lowest BCUT2D eigenvalue weighted by molar-refractivity contribution is -0.143. The summed E-state index contributed by atoms with van der Waals surface area (Å²) in [7, 11) is 0. The summed E-state index contributed by atoms with van der Waals surface area (Å²) in [6.45, 7) is 1.64. The number of rotatable bonds is 3. The van der Waals surface area contributed by atoms with Gasteiger partial charge in [-0.15, -0.1) is 0 Å². The van der Waals surface area contributed by atoms with Crippen LogP contribution in [0.3, 0.4) is 0 Å². The first-order valence-corrected chi connectivity index (χ1v) is 8.17. The van der Waals surface area contributed by atoms with Gasteiger partial charge in [0.05, 0.1) is 16.8 Å². The van der Waals surface area contributed by atoms with Crippen LogP contribution >= 0.6 is 0 Å². The molecule has 0 aliphatic heterocycles. The van der Waals surface area contributed by atoms with Crippen molar-refractivity contribution >= 4 is 17.2 Å². The molecular weight excluding hydrogens is 407 g/mol. The average Bonchev–Trinajstić information content (AvgIpc) is 2.97. The molecule has 1 N–H and O–H groups in total. The van der Waals surface area contributed by atoms with Gasteiger partial charge in [-0.25, -0.2) is 9.37 Å². The van der Waals surface area contributed by atoms with E-state index in [1.807, 2.05) is 5.32 Å². The standard InChI is InChI=1S/C18H12F7N3O/c1-2-13-15(28-8-11(19)3-4-14(28)27-13)16(29)26-12-6-9(17(20,21)22)5-10(7-12)18(23,24)25/h3-8H,2H2,1H3,(H,26,29). The second-order valence-electron chi connectivity index (χ2n) is 6.08. The first-order chi connectivity index (χ1) is 13.4. The largest absolute Gasteiger partial charge is 0.416 e. The third-order valence-corrected chi connectivity index (χ3v) is 4.05. The number of pyridine rings is 1. The van der Waals surface area contributed by atoms with Gasteiger partial charge in [0.1, 0.15) is 17.2 Å². The molecule has 4 nitrogen and oxygen atoms in total. The van der Waals surface area contributed by atoms with Crippen molar-refractivity contribution in [2.45, 2.75) is 25.7 Å². The number of aryl methyl sites for hydroxylation is 1. The number of aromatic nitrogens is 2. The molecule has 3 rings (SSSR count). The van der Waals surface area contributed by atoms with Crippen molar-refractivity contribution in [1.29, 1.82) is 0 Å². The predicted octanol–water partition coefficient (Wildman–Crippen LogP) is 5.33. The molecule has 0 fully saturated rings. The number of carbonyl (C=O) groups excluding carboxylic acids is 1. The lowest BCUT2D eigenvalue weighted by Gasteiger charge is -2.15. The third kappa shape index (κ3) is 4.17. The molecule has 3 aromatic rings. The van der Waals surface area contributed by atoms with Crippen LogP contribution in [-0.2, 0) is 18.8 Å².